The second kappa shape index (κ2) is 13.2. The van der Waals surface area contributed by atoms with Gasteiger partial charge in [-0.25, -0.2) is 4.99 Å². The minimum Gasteiger partial charge on any atom is -0.497 e. The van der Waals surface area contributed by atoms with Crippen molar-refractivity contribution in [2.45, 2.75) is 53.3 Å². The van der Waals surface area contributed by atoms with E-state index in [2.05, 4.69) is 25.5 Å². The van der Waals surface area contributed by atoms with Gasteiger partial charge < -0.3 is 24.6 Å². The molecule has 0 aliphatic rings. The molecule has 0 saturated carbocycles. The number of ether oxygens (including phenoxy) is 2. The summed E-state index contributed by atoms with van der Waals surface area (Å²) in [4.78, 5) is 4.50. The van der Waals surface area contributed by atoms with Gasteiger partial charge in [0.05, 0.1) is 19.3 Å². The van der Waals surface area contributed by atoms with E-state index < -0.39 is 6.61 Å². The Morgan fingerprint density at radius 1 is 1.20 bits per heavy atom. The Balaban J connectivity index is 0.00000450. The first-order valence-electron chi connectivity index (χ1n) is 9.62. The van der Waals surface area contributed by atoms with Gasteiger partial charge in [-0.1, -0.05) is 19.0 Å². The fourth-order valence-electron chi connectivity index (χ4n) is 2.81. The van der Waals surface area contributed by atoms with Gasteiger partial charge in [0.1, 0.15) is 17.3 Å². The predicted octanol–water partition coefficient (Wildman–Crippen LogP) is 4.28. The van der Waals surface area contributed by atoms with Crippen molar-refractivity contribution in [1.29, 1.82) is 0 Å². The second-order valence-electron chi connectivity index (χ2n) is 6.14. The molecule has 0 aliphatic heterocycles. The monoisotopic (exact) mass is 538 g/mol. The van der Waals surface area contributed by atoms with Gasteiger partial charge in [-0.05, 0) is 25.5 Å². The van der Waals surface area contributed by atoms with E-state index in [0.29, 0.717) is 30.4 Å². The second-order valence-corrected chi connectivity index (χ2v) is 6.14. The molecule has 1 heterocycles. The van der Waals surface area contributed by atoms with E-state index in [1.807, 2.05) is 20.8 Å². The molecule has 0 bridgehead atoms. The molecule has 0 saturated heterocycles. The van der Waals surface area contributed by atoms with Crippen LogP contribution in [0.1, 0.15) is 43.4 Å². The lowest BCUT2D eigenvalue weighted by Crippen LogP contribution is -2.37. The van der Waals surface area contributed by atoms with Crippen LogP contribution in [0.2, 0.25) is 0 Å². The molecule has 0 aliphatic carbocycles. The fraction of sp³-hybridized carbons (Fsp3) is 0.500. The molecular formula is C20H29F2IN4O3. The minimum absolute atomic E-state index is 0. The highest BCUT2D eigenvalue weighted by Gasteiger charge is 2.14. The third kappa shape index (κ3) is 7.29. The summed E-state index contributed by atoms with van der Waals surface area (Å²) in [5.41, 5.74) is 2.46. The summed E-state index contributed by atoms with van der Waals surface area (Å²) in [5.74, 6) is 1.87. The molecule has 2 rings (SSSR count). The van der Waals surface area contributed by atoms with Gasteiger partial charge in [0, 0.05) is 36.7 Å². The Labute approximate surface area is 192 Å². The summed E-state index contributed by atoms with van der Waals surface area (Å²) < 4.78 is 40.6. The van der Waals surface area contributed by atoms with Gasteiger partial charge in [-0.2, -0.15) is 8.78 Å². The van der Waals surface area contributed by atoms with Gasteiger partial charge in [-0.15, -0.1) is 24.0 Å². The van der Waals surface area contributed by atoms with Crippen molar-refractivity contribution in [2.24, 2.45) is 4.99 Å². The first-order valence-corrected chi connectivity index (χ1v) is 9.62. The van der Waals surface area contributed by atoms with E-state index in [4.69, 9.17) is 9.26 Å². The van der Waals surface area contributed by atoms with Crippen LogP contribution in [-0.2, 0) is 25.9 Å². The third-order valence-electron chi connectivity index (χ3n) is 4.28. The number of nitrogens with zero attached hydrogens (tertiary/aromatic N) is 2. The molecule has 0 amide bonds. The number of rotatable bonds is 10. The lowest BCUT2D eigenvalue weighted by atomic mass is 10.1. The van der Waals surface area contributed by atoms with Gasteiger partial charge >= 0.3 is 6.61 Å². The molecule has 2 aromatic rings. The number of hydrogen-bond acceptors (Lipinski definition) is 5. The van der Waals surface area contributed by atoms with E-state index in [1.54, 1.807) is 12.1 Å². The lowest BCUT2D eigenvalue weighted by Gasteiger charge is -2.14. The highest BCUT2D eigenvalue weighted by molar-refractivity contribution is 14.0. The van der Waals surface area contributed by atoms with Gasteiger partial charge in [-0.3, -0.25) is 0 Å². The average Bonchev–Trinajstić information content (AvgIpc) is 3.12. The number of alkyl halides is 2. The maximum atomic E-state index is 12.7. The highest BCUT2D eigenvalue weighted by atomic mass is 127. The van der Waals surface area contributed by atoms with E-state index in [9.17, 15) is 8.78 Å². The molecule has 168 valence electrons. The van der Waals surface area contributed by atoms with Gasteiger partial charge in [0.25, 0.3) is 0 Å². The first-order chi connectivity index (χ1) is 14.0. The van der Waals surface area contributed by atoms with E-state index in [1.165, 1.54) is 13.2 Å². The first kappa shape index (κ1) is 25.9. The summed E-state index contributed by atoms with van der Waals surface area (Å²) in [5, 5.41) is 10.5. The molecule has 0 spiro atoms. The Bertz CT molecular complexity index is 794. The normalized spacial score (nSPS) is 11.2. The fourth-order valence-corrected chi connectivity index (χ4v) is 2.81. The number of aryl methyl sites for hydroxylation is 2. The summed E-state index contributed by atoms with van der Waals surface area (Å²) in [6, 6.07) is 4.77. The maximum absolute atomic E-state index is 12.7. The number of nitrogens with one attached hydrogen (secondary N) is 2. The number of halogens is 3. The lowest BCUT2D eigenvalue weighted by molar-refractivity contribution is -0.0505. The molecule has 1 aromatic carbocycles. The molecule has 2 N–H and O–H groups in total. The van der Waals surface area contributed by atoms with Crippen LogP contribution in [0.25, 0.3) is 0 Å². The molecule has 30 heavy (non-hydrogen) atoms. The summed E-state index contributed by atoms with van der Waals surface area (Å²) in [6.07, 6.45) is 1.52. The maximum Gasteiger partial charge on any atom is 0.387 e. The SMILES string of the molecule is CCNC(=NCc1ccc(OC)cc1OC(F)F)NCc1c(CC)noc1CC.I. The Morgan fingerprint density at radius 3 is 2.57 bits per heavy atom. The molecule has 10 heteroatoms. The Morgan fingerprint density at radius 2 is 1.97 bits per heavy atom. The molecule has 1 aromatic heterocycles. The zero-order valence-electron chi connectivity index (χ0n) is 17.6. The summed E-state index contributed by atoms with van der Waals surface area (Å²) >= 11 is 0. The third-order valence-corrected chi connectivity index (χ3v) is 4.28. The smallest absolute Gasteiger partial charge is 0.387 e. The van der Waals surface area contributed by atoms with Crippen LogP contribution < -0.4 is 20.1 Å². The van der Waals surface area contributed by atoms with E-state index >= 15 is 0 Å². The molecule has 0 fully saturated rings. The van der Waals surface area contributed by atoms with Gasteiger partial charge in [0.2, 0.25) is 0 Å². The van der Waals surface area contributed by atoms with Crippen molar-refractivity contribution >= 4 is 29.9 Å². The number of hydrogen-bond donors (Lipinski definition) is 2. The van der Waals surface area contributed by atoms with Crippen LogP contribution in [0.15, 0.2) is 27.7 Å². The number of guanidine groups is 1. The Hall–Kier alpha value is -2.11. The van der Waals surface area contributed by atoms with Crippen LogP contribution in [-0.4, -0.2) is 31.4 Å². The number of aromatic nitrogens is 1. The Kier molecular flexibility index (Phi) is 11.4. The molecular weight excluding hydrogens is 509 g/mol. The number of aliphatic imine (C=N–C) groups is 1. The van der Waals surface area contributed by atoms with Crippen LogP contribution in [0.5, 0.6) is 11.5 Å². The van der Waals surface area contributed by atoms with Crippen LogP contribution in [0.4, 0.5) is 8.78 Å². The zero-order valence-corrected chi connectivity index (χ0v) is 20.0. The molecule has 0 unspecified atom stereocenters. The largest absolute Gasteiger partial charge is 0.497 e. The molecule has 0 radical (unpaired) electrons. The van der Waals surface area contributed by atoms with Crippen LogP contribution in [0.3, 0.4) is 0 Å². The van der Waals surface area contributed by atoms with Crippen LogP contribution in [0, 0.1) is 0 Å². The van der Waals surface area contributed by atoms with Crippen LogP contribution >= 0.6 is 24.0 Å². The molecule has 0 atom stereocenters. The minimum atomic E-state index is -2.93. The van der Waals surface area contributed by atoms with Crippen molar-refractivity contribution in [1.82, 2.24) is 15.8 Å². The highest BCUT2D eigenvalue weighted by Crippen LogP contribution is 2.27. The summed E-state index contributed by atoms with van der Waals surface area (Å²) in [7, 11) is 1.46. The predicted molar refractivity (Wildman–Crippen MR) is 122 cm³/mol. The zero-order chi connectivity index (χ0) is 21.2. The van der Waals surface area contributed by atoms with E-state index in [0.717, 1.165) is 29.9 Å². The number of methoxy groups -OCH3 is 1. The van der Waals surface area contributed by atoms with Crippen molar-refractivity contribution < 1.29 is 22.8 Å². The quantitative estimate of drug-likeness (QED) is 0.267. The number of benzene rings is 1. The standard InChI is InChI=1S/C20H28F2N4O3.HI/c1-5-16-15(17(6-2)29-26-16)12-25-20(23-7-3)24-11-13-8-9-14(27-4)10-18(13)28-19(21)22;/h8-10,19H,5-7,11-12H2,1-4H3,(H2,23,24,25);1H. The molecule has 7 nitrogen and oxygen atoms in total. The summed E-state index contributed by atoms with van der Waals surface area (Å²) in [6.45, 7) is 4.37. The van der Waals surface area contributed by atoms with Crippen molar-refractivity contribution in [3.8, 4) is 11.5 Å². The van der Waals surface area contributed by atoms with Gasteiger partial charge in [0.15, 0.2) is 5.96 Å². The topological polar surface area (TPSA) is 80.9 Å². The van der Waals surface area contributed by atoms with Crippen molar-refractivity contribution in [3.63, 3.8) is 0 Å². The van der Waals surface area contributed by atoms with Crippen molar-refractivity contribution in [3.05, 3.63) is 40.8 Å². The van der Waals surface area contributed by atoms with E-state index in [-0.39, 0.29) is 36.3 Å². The average molecular weight is 538 g/mol. The van der Waals surface area contributed by atoms with Crippen molar-refractivity contribution in [2.75, 3.05) is 13.7 Å².